The Balaban J connectivity index is 1.07. The summed E-state index contributed by atoms with van der Waals surface area (Å²) in [5, 5.41) is 0.914. The fourth-order valence-electron chi connectivity index (χ4n) is 5.70. The molecule has 6 rings (SSSR count). The van der Waals surface area contributed by atoms with E-state index in [1.165, 1.54) is 17.5 Å². The minimum atomic E-state index is -3.74. The number of aryl methyl sites for hydroxylation is 2. The molecule has 3 aromatic carbocycles. The molecule has 0 saturated carbocycles. The van der Waals surface area contributed by atoms with E-state index in [-0.39, 0.29) is 17.4 Å². The number of pyridine rings is 1. The van der Waals surface area contributed by atoms with Crippen LogP contribution in [0, 0.1) is 6.92 Å². The second kappa shape index (κ2) is 14.0. The molecule has 1 aliphatic rings. The van der Waals surface area contributed by atoms with Gasteiger partial charge >= 0.3 is 0 Å². The molecule has 2 aromatic heterocycles. The zero-order chi connectivity index (χ0) is 33.8. The zero-order valence-corrected chi connectivity index (χ0v) is 28.0. The number of carbonyl (C=O) groups excluding carboxylic acids is 1. The van der Waals surface area contributed by atoms with Gasteiger partial charge in [-0.25, -0.2) is 17.8 Å². The van der Waals surface area contributed by atoms with E-state index < -0.39 is 16.7 Å². The summed E-state index contributed by atoms with van der Waals surface area (Å²) in [6, 6.07) is 25.1. The van der Waals surface area contributed by atoms with Crippen molar-refractivity contribution in [1.29, 1.82) is 0 Å². The average molecular weight is 672 g/mol. The van der Waals surface area contributed by atoms with Crippen molar-refractivity contribution in [2.24, 2.45) is 7.05 Å². The standard InChI is InChI=1S/C36H38FN5O5S/c1-26-4-13-32(14-5-26)48(44,45)40(3)29-9-15-35(38-24-29)47-31-12-8-28-22-34(39(2)33(28)23-31)36(43)42-19-17-41(18-20-42)25-27-6-10-30(11-7-27)46-21-16-37/h4-15,22-24H,16-21,25H2,1-3H3. The average Bonchev–Trinajstić information content (AvgIpc) is 3.43. The van der Waals surface area contributed by atoms with Gasteiger partial charge < -0.3 is 18.9 Å². The second-order valence-corrected chi connectivity index (χ2v) is 13.8. The van der Waals surface area contributed by atoms with Crippen LogP contribution in [0.1, 0.15) is 21.6 Å². The van der Waals surface area contributed by atoms with Crippen LogP contribution < -0.4 is 13.8 Å². The Morgan fingerprint density at radius 2 is 1.62 bits per heavy atom. The van der Waals surface area contributed by atoms with Gasteiger partial charge in [-0.15, -0.1) is 0 Å². The van der Waals surface area contributed by atoms with E-state index in [0.717, 1.165) is 41.7 Å². The monoisotopic (exact) mass is 671 g/mol. The van der Waals surface area contributed by atoms with Crippen LogP contribution in [0.25, 0.3) is 10.9 Å². The largest absolute Gasteiger partial charge is 0.491 e. The maximum Gasteiger partial charge on any atom is 0.270 e. The molecular weight excluding hydrogens is 633 g/mol. The molecule has 250 valence electrons. The molecule has 5 aromatic rings. The fraction of sp³-hybridized carbons (Fsp3) is 0.278. The van der Waals surface area contributed by atoms with Gasteiger partial charge in [0.25, 0.3) is 15.9 Å². The smallest absolute Gasteiger partial charge is 0.270 e. The van der Waals surface area contributed by atoms with Gasteiger partial charge in [0.1, 0.15) is 30.5 Å². The Labute approximate surface area is 280 Å². The quantitative estimate of drug-likeness (QED) is 0.175. The number of sulfonamides is 1. The number of benzene rings is 3. The summed E-state index contributed by atoms with van der Waals surface area (Å²) in [7, 11) is -0.379. The highest BCUT2D eigenvalue weighted by Gasteiger charge is 2.25. The molecule has 0 spiro atoms. The van der Waals surface area contributed by atoms with Crippen molar-refractivity contribution < 1.29 is 27.1 Å². The van der Waals surface area contributed by atoms with E-state index in [9.17, 15) is 17.6 Å². The van der Waals surface area contributed by atoms with Gasteiger partial charge in [-0.05, 0) is 61.0 Å². The molecular formula is C36H38FN5O5S. The predicted molar refractivity (Wildman–Crippen MR) is 183 cm³/mol. The number of ether oxygens (including phenoxy) is 2. The van der Waals surface area contributed by atoms with Crippen molar-refractivity contribution in [3.8, 4) is 17.4 Å². The molecule has 1 fully saturated rings. The lowest BCUT2D eigenvalue weighted by Gasteiger charge is -2.34. The zero-order valence-electron chi connectivity index (χ0n) is 27.2. The Hall–Kier alpha value is -4.94. The van der Waals surface area contributed by atoms with E-state index in [0.29, 0.717) is 41.8 Å². The van der Waals surface area contributed by atoms with E-state index in [1.54, 1.807) is 36.4 Å². The molecule has 10 nitrogen and oxygen atoms in total. The third-order valence-corrected chi connectivity index (χ3v) is 10.4. The lowest BCUT2D eigenvalue weighted by molar-refractivity contribution is 0.0619. The van der Waals surface area contributed by atoms with Gasteiger partial charge in [0.05, 0.1) is 22.3 Å². The number of fused-ring (bicyclic) bond motifs is 1. The van der Waals surface area contributed by atoms with E-state index in [2.05, 4.69) is 9.88 Å². The van der Waals surface area contributed by atoms with E-state index in [4.69, 9.17) is 9.47 Å². The molecule has 3 heterocycles. The molecule has 1 amide bonds. The van der Waals surface area contributed by atoms with Crippen molar-refractivity contribution in [1.82, 2.24) is 19.4 Å². The van der Waals surface area contributed by atoms with Gasteiger partial charge in [0, 0.05) is 64.3 Å². The molecule has 0 bridgehead atoms. The first-order chi connectivity index (χ1) is 23.1. The maximum atomic E-state index is 13.6. The molecule has 0 aliphatic carbocycles. The number of anilines is 1. The summed E-state index contributed by atoms with van der Waals surface area (Å²) in [6.07, 6.45) is 1.46. The minimum Gasteiger partial charge on any atom is -0.491 e. The Morgan fingerprint density at radius 1 is 0.917 bits per heavy atom. The highest BCUT2D eigenvalue weighted by molar-refractivity contribution is 7.92. The summed E-state index contributed by atoms with van der Waals surface area (Å²) in [6.45, 7) is 4.96. The summed E-state index contributed by atoms with van der Waals surface area (Å²) in [5.74, 6) is 1.48. The van der Waals surface area contributed by atoms with Crippen LogP contribution in [0.15, 0.2) is 96.0 Å². The number of piperazine rings is 1. The van der Waals surface area contributed by atoms with Crippen LogP contribution in [0.2, 0.25) is 0 Å². The normalized spacial score (nSPS) is 13.9. The molecule has 1 aliphatic heterocycles. The van der Waals surface area contributed by atoms with Crippen LogP contribution >= 0.6 is 0 Å². The molecule has 12 heteroatoms. The number of hydrogen-bond donors (Lipinski definition) is 0. The number of carbonyl (C=O) groups is 1. The number of hydrogen-bond acceptors (Lipinski definition) is 7. The third-order valence-electron chi connectivity index (χ3n) is 8.56. The lowest BCUT2D eigenvalue weighted by atomic mass is 10.2. The Morgan fingerprint density at radius 3 is 2.29 bits per heavy atom. The van der Waals surface area contributed by atoms with Gasteiger partial charge in [-0.3, -0.25) is 14.0 Å². The third kappa shape index (κ3) is 7.14. The molecule has 0 N–H and O–H groups in total. The molecule has 48 heavy (non-hydrogen) atoms. The predicted octanol–water partition coefficient (Wildman–Crippen LogP) is 5.81. The summed E-state index contributed by atoms with van der Waals surface area (Å²) in [5.41, 5.74) is 3.96. The minimum absolute atomic E-state index is 0.0212. The first kappa shape index (κ1) is 33.0. The van der Waals surface area contributed by atoms with Crippen molar-refractivity contribution in [3.05, 3.63) is 108 Å². The molecule has 1 saturated heterocycles. The maximum absolute atomic E-state index is 13.6. The number of alkyl halides is 1. The Kier molecular flexibility index (Phi) is 9.65. The van der Waals surface area contributed by atoms with Crippen LogP contribution in [-0.2, 0) is 23.6 Å². The SMILES string of the molecule is Cc1ccc(S(=O)(=O)N(C)c2ccc(Oc3ccc4cc(C(=O)N5CCN(Cc6ccc(OCCF)cc6)CC5)n(C)c4c3)nc2)cc1. The number of aromatic nitrogens is 2. The van der Waals surface area contributed by atoms with Crippen LogP contribution in [-0.4, -0.2) is 80.2 Å². The highest BCUT2D eigenvalue weighted by Crippen LogP contribution is 2.29. The van der Waals surface area contributed by atoms with Crippen molar-refractivity contribution >= 4 is 32.5 Å². The molecule has 0 radical (unpaired) electrons. The summed E-state index contributed by atoms with van der Waals surface area (Å²) in [4.78, 5) is 22.3. The fourth-order valence-corrected chi connectivity index (χ4v) is 6.88. The first-order valence-electron chi connectivity index (χ1n) is 15.7. The van der Waals surface area contributed by atoms with Crippen molar-refractivity contribution in [2.45, 2.75) is 18.4 Å². The van der Waals surface area contributed by atoms with Gasteiger partial charge in [-0.1, -0.05) is 29.8 Å². The molecule has 0 unspecified atom stereocenters. The summed E-state index contributed by atoms with van der Waals surface area (Å²) < 4.78 is 52.9. The van der Waals surface area contributed by atoms with Crippen LogP contribution in [0.3, 0.4) is 0 Å². The Bertz CT molecular complexity index is 1990. The number of nitrogens with zero attached hydrogens (tertiary/aromatic N) is 5. The van der Waals surface area contributed by atoms with E-state index in [1.807, 2.05) is 72.0 Å². The number of rotatable bonds is 11. The van der Waals surface area contributed by atoms with Crippen LogP contribution in [0.5, 0.6) is 17.4 Å². The van der Waals surface area contributed by atoms with Gasteiger partial charge in [0.2, 0.25) is 5.88 Å². The number of amides is 1. The topological polar surface area (TPSA) is 97.2 Å². The summed E-state index contributed by atoms with van der Waals surface area (Å²) >= 11 is 0. The molecule has 0 atom stereocenters. The van der Waals surface area contributed by atoms with Gasteiger partial charge in [0.15, 0.2) is 0 Å². The second-order valence-electron chi connectivity index (χ2n) is 11.8. The van der Waals surface area contributed by atoms with Crippen LogP contribution in [0.4, 0.5) is 10.1 Å². The van der Waals surface area contributed by atoms with Crippen molar-refractivity contribution in [2.75, 3.05) is 50.8 Å². The first-order valence-corrected chi connectivity index (χ1v) is 17.1. The van der Waals surface area contributed by atoms with Gasteiger partial charge in [-0.2, -0.15) is 0 Å². The van der Waals surface area contributed by atoms with Crippen molar-refractivity contribution in [3.63, 3.8) is 0 Å². The lowest BCUT2D eigenvalue weighted by Crippen LogP contribution is -2.48. The highest BCUT2D eigenvalue weighted by atomic mass is 32.2. The van der Waals surface area contributed by atoms with E-state index >= 15 is 0 Å². The number of halogens is 1.